The zero-order chi connectivity index (χ0) is 28.3. The minimum atomic E-state index is -3.57. The first kappa shape index (κ1) is 31.4. The minimum Gasteiger partial charge on any atom is -0.494 e. The average molecular weight is 566 g/mol. The molecule has 210 valence electrons. The molecule has 0 saturated carbocycles. The van der Waals surface area contributed by atoms with Crippen molar-refractivity contribution in [2.45, 2.75) is 59.5 Å². The third-order valence-corrected chi connectivity index (χ3v) is 7.37. The Morgan fingerprint density at radius 3 is 2.18 bits per heavy atom. The lowest BCUT2D eigenvalue weighted by Gasteiger charge is -2.31. The van der Waals surface area contributed by atoms with Gasteiger partial charge in [-0.05, 0) is 67.6 Å². The number of carbonyl (C=O) groups excluding carboxylic acids is 2. The zero-order valence-corrected chi connectivity index (χ0v) is 24.5. The molecule has 38 heavy (non-hydrogen) atoms. The lowest BCUT2D eigenvalue weighted by Crippen LogP contribution is -2.49. The van der Waals surface area contributed by atoms with Crippen molar-refractivity contribution in [3.8, 4) is 5.75 Å². The summed E-state index contributed by atoms with van der Waals surface area (Å²) in [6.45, 7) is 9.18. The zero-order valence-electron chi connectivity index (χ0n) is 22.9. The maximum atomic E-state index is 13.5. The summed E-state index contributed by atoms with van der Waals surface area (Å²) < 4.78 is 31.8. The van der Waals surface area contributed by atoms with Crippen molar-refractivity contribution in [2.24, 2.45) is 5.92 Å². The Morgan fingerprint density at radius 2 is 1.66 bits per heavy atom. The first-order valence-corrected chi connectivity index (χ1v) is 15.2. The van der Waals surface area contributed by atoms with E-state index in [-0.39, 0.29) is 37.2 Å². The molecule has 1 atom stereocenters. The number of nitrogens with zero attached hydrogens (tertiary/aromatic N) is 2. The molecule has 0 aliphatic carbocycles. The van der Waals surface area contributed by atoms with Gasteiger partial charge in [-0.15, -0.1) is 0 Å². The van der Waals surface area contributed by atoms with E-state index in [1.165, 1.54) is 4.31 Å². The van der Waals surface area contributed by atoms with Crippen molar-refractivity contribution in [3.05, 3.63) is 59.1 Å². The number of benzene rings is 2. The van der Waals surface area contributed by atoms with Crippen molar-refractivity contribution in [1.82, 2.24) is 10.2 Å². The topological polar surface area (TPSA) is 96.0 Å². The van der Waals surface area contributed by atoms with Gasteiger partial charge in [0, 0.05) is 31.1 Å². The number of anilines is 1. The monoisotopic (exact) mass is 565 g/mol. The fraction of sp³-hybridized carbons (Fsp3) is 0.500. The van der Waals surface area contributed by atoms with E-state index in [4.69, 9.17) is 16.3 Å². The third-order valence-electron chi connectivity index (χ3n) is 5.92. The molecule has 2 aromatic carbocycles. The first-order chi connectivity index (χ1) is 18.0. The van der Waals surface area contributed by atoms with Gasteiger partial charge in [-0.1, -0.05) is 44.5 Å². The number of nitrogens with one attached hydrogen (secondary N) is 1. The van der Waals surface area contributed by atoms with Crippen LogP contribution >= 0.6 is 11.6 Å². The lowest BCUT2D eigenvalue weighted by molar-refractivity contribution is -0.141. The van der Waals surface area contributed by atoms with Gasteiger partial charge in [-0.25, -0.2) is 8.42 Å². The van der Waals surface area contributed by atoms with Crippen LogP contribution in [0.2, 0.25) is 5.02 Å². The highest BCUT2D eigenvalue weighted by Gasteiger charge is 2.29. The number of carbonyl (C=O) groups is 2. The van der Waals surface area contributed by atoms with E-state index in [1.807, 2.05) is 39.8 Å². The highest BCUT2D eigenvalue weighted by Crippen LogP contribution is 2.23. The van der Waals surface area contributed by atoms with Gasteiger partial charge in [0.2, 0.25) is 21.8 Å². The number of halogens is 1. The molecule has 0 aliphatic heterocycles. The Labute approximate surface area is 232 Å². The second-order valence-corrected chi connectivity index (χ2v) is 11.9. The predicted molar refractivity (Wildman–Crippen MR) is 153 cm³/mol. The van der Waals surface area contributed by atoms with Crippen LogP contribution in [0.5, 0.6) is 5.75 Å². The molecule has 0 saturated heterocycles. The standard InChI is InChI=1S/C28H40ClN3O5S/c1-6-26(28(34)30-19-21(3)4)31(20-22-10-12-23(29)13-11-22)27(33)9-8-18-32(38(5,35)36)24-14-16-25(17-15-24)37-7-2/h10-17,21,26H,6-9,18-20H2,1-5H3,(H,30,34)/t26-/m0/s1. The van der Waals surface area contributed by atoms with Crippen LogP contribution in [0.25, 0.3) is 0 Å². The number of sulfonamides is 1. The smallest absolute Gasteiger partial charge is 0.242 e. The maximum absolute atomic E-state index is 13.5. The molecule has 2 rings (SSSR count). The molecule has 0 bridgehead atoms. The Hall–Kier alpha value is -2.78. The van der Waals surface area contributed by atoms with Gasteiger partial charge in [-0.2, -0.15) is 0 Å². The summed E-state index contributed by atoms with van der Waals surface area (Å²) in [6.07, 6.45) is 1.97. The summed E-state index contributed by atoms with van der Waals surface area (Å²) in [6, 6.07) is 13.3. The van der Waals surface area contributed by atoms with E-state index in [0.717, 1.165) is 11.8 Å². The highest BCUT2D eigenvalue weighted by atomic mass is 35.5. The Morgan fingerprint density at radius 1 is 1.03 bits per heavy atom. The normalized spacial score (nSPS) is 12.2. The summed E-state index contributed by atoms with van der Waals surface area (Å²) in [4.78, 5) is 28.1. The Balaban J connectivity index is 2.19. The van der Waals surface area contributed by atoms with E-state index in [0.29, 0.717) is 42.5 Å². The molecule has 1 N–H and O–H groups in total. The van der Waals surface area contributed by atoms with Gasteiger partial charge < -0.3 is 15.0 Å². The molecule has 0 aromatic heterocycles. The minimum absolute atomic E-state index is 0.0879. The molecular formula is C28H40ClN3O5S. The molecule has 10 heteroatoms. The van der Waals surface area contributed by atoms with Gasteiger partial charge in [0.15, 0.2) is 0 Å². The molecular weight excluding hydrogens is 526 g/mol. The van der Waals surface area contributed by atoms with Crippen molar-refractivity contribution >= 4 is 39.1 Å². The summed E-state index contributed by atoms with van der Waals surface area (Å²) in [5.74, 6) is 0.517. The van der Waals surface area contributed by atoms with E-state index >= 15 is 0 Å². The summed E-state index contributed by atoms with van der Waals surface area (Å²) in [7, 11) is -3.57. The summed E-state index contributed by atoms with van der Waals surface area (Å²) in [5.41, 5.74) is 1.35. The maximum Gasteiger partial charge on any atom is 0.242 e. The number of rotatable bonds is 15. The van der Waals surface area contributed by atoms with Crippen molar-refractivity contribution < 1.29 is 22.7 Å². The van der Waals surface area contributed by atoms with Gasteiger partial charge in [-0.3, -0.25) is 13.9 Å². The van der Waals surface area contributed by atoms with Crippen LogP contribution in [-0.4, -0.2) is 57.1 Å². The van der Waals surface area contributed by atoms with Crippen LogP contribution in [0.15, 0.2) is 48.5 Å². The third kappa shape index (κ3) is 9.83. The molecule has 0 fully saturated rings. The fourth-order valence-corrected chi connectivity index (χ4v) is 5.10. The van der Waals surface area contributed by atoms with Crippen LogP contribution in [-0.2, 0) is 26.2 Å². The van der Waals surface area contributed by atoms with Gasteiger partial charge in [0.05, 0.1) is 18.6 Å². The number of ether oxygens (including phenoxy) is 1. The lowest BCUT2D eigenvalue weighted by atomic mass is 10.1. The molecule has 8 nitrogen and oxygen atoms in total. The second-order valence-electron chi connectivity index (χ2n) is 9.58. The second kappa shape index (κ2) is 15.0. The quantitative estimate of drug-likeness (QED) is 0.332. The van der Waals surface area contributed by atoms with Crippen molar-refractivity contribution in [1.29, 1.82) is 0 Å². The average Bonchev–Trinajstić information content (AvgIpc) is 2.86. The number of hydrogen-bond acceptors (Lipinski definition) is 5. The van der Waals surface area contributed by atoms with Gasteiger partial charge in [0.25, 0.3) is 0 Å². The van der Waals surface area contributed by atoms with Gasteiger partial charge >= 0.3 is 0 Å². The molecule has 0 radical (unpaired) electrons. The Kier molecular flexibility index (Phi) is 12.4. The van der Waals surface area contributed by atoms with Crippen molar-refractivity contribution in [2.75, 3.05) is 30.3 Å². The molecule has 0 spiro atoms. The highest BCUT2D eigenvalue weighted by molar-refractivity contribution is 7.92. The molecule has 0 unspecified atom stereocenters. The fourth-order valence-electron chi connectivity index (χ4n) is 4.01. The van der Waals surface area contributed by atoms with Gasteiger partial charge in [0.1, 0.15) is 11.8 Å². The largest absolute Gasteiger partial charge is 0.494 e. The van der Waals surface area contributed by atoms with E-state index in [9.17, 15) is 18.0 Å². The molecule has 2 aromatic rings. The first-order valence-electron chi connectivity index (χ1n) is 13.0. The predicted octanol–water partition coefficient (Wildman–Crippen LogP) is 4.86. The molecule has 0 heterocycles. The number of amides is 2. The van der Waals surface area contributed by atoms with E-state index in [1.54, 1.807) is 41.3 Å². The van der Waals surface area contributed by atoms with Crippen molar-refractivity contribution in [3.63, 3.8) is 0 Å². The van der Waals surface area contributed by atoms with E-state index in [2.05, 4.69) is 5.32 Å². The SMILES string of the molecule is CCOc1ccc(N(CCCC(=O)N(Cc2ccc(Cl)cc2)[C@@H](CC)C(=O)NCC(C)C)S(C)(=O)=O)cc1. The van der Waals surface area contributed by atoms with E-state index < -0.39 is 16.1 Å². The number of hydrogen-bond donors (Lipinski definition) is 1. The summed E-state index contributed by atoms with van der Waals surface area (Å²) in [5, 5.41) is 3.53. The van der Waals surface area contributed by atoms with Crippen LogP contribution in [0, 0.1) is 5.92 Å². The molecule has 2 amide bonds. The van der Waals surface area contributed by atoms with Crippen LogP contribution in [0.3, 0.4) is 0 Å². The molecule has 0 aliphatic rings. The van der Waals surface area contributed by atoms with Crippen LogP contribution in [0.1, 0.15) is 52.5 Å². The summed E-state index contributed by atoms with van der Waals surface area (Å²) >= 11 is 6.03. The Bertz CT molecular complexity index is 1140. The van der Waals surface area contributed by atoms with Crippen LogP contribution < -0.4 is 14.4 Å². The van der Waals surface area contributed by atoms with Crippen LogP contribution in [0.4, 0.5) is 5.69 Å².